The van der Waals surface area contributed by atoms with Gasteiger partial charge in [0.15, 0.2) is 11.6 Å². The fraction of sp³-hybridized carbons (Fsp3) is 0.364. The fourth-order valence-electron chi connectivity index (χ4n) is 1.26. The van der Waals surface area contributed by atoms with E-state index in [1.165, 1.54) is 17.0 Å². The minimum Gasteiger partial charge on any atom is -0.340 e. The van der Waals surface area contributed by atoms with E-state index >= 15 is 0 Å². The first kappa shape index (κ1) is 12.6. The lowest BCUT2D eigenvalue weighted by Gasteiger charge is -2.17. The Bertz CT molecular complexity index is 382. The molecule has 0 heterocycles. The van der Waals surface area contributed by atoms with Gasteiger partial charge in [-0.1, -0.05) is 6.07 Å². The van der Waals surface area contributed by atoms with Crippen LogP contribution in [0.3, 0.4) is 0 Å². The summed E-state index contributed by atoms with van der Waals surface area (Å²) in [6.07, 6.45) is 0. The number of carbonyl (C=O) groups excluding carboxylic acids is 1. The minimum atomic E-state index is -1.09. The van der Waals surface area contributed by atoms with Crippen LogP contribution >= 0.6 is 0 Å². The molecule has 0 aromatic heterocycles. The predicted molar refractivity (Wildman–Crippen MR) is 57.2 cm³/mol. The van der Waals surface area contributed by atoms with Crippen molar-refractivity contribution in [3.8, 4) is 0 Å². The van der Waals surface area contributed by atoms with Crippen molar-refractivity contribution >= 4 is 5.91 Å². The Morgan fingerprint density at radius 2 is 2.12 bits per heavy atom. The highest BCUT2D eigenvalue weighted by Gasteiger charge is 2.17. The van der Waals surface area contributed by atoms with Crippen molar-refractivity contribution in [2.24, 2.45) is 0 Å². The standard InChI is InChI=1S/C11H14F2N2O/c1-14-6-7-15(2)11(16)8-4-3-5-9(12)10(8)13/h3-5,14H,6-7H2,1-2H3. The number of nitrogens with one attached hydrogen (secondary N) is 1. The largest absolute Gasteiger partial charge is 0.340 e. The van der Waals surface area contributed by atoms with Crippen LogP contribution in [0.25, 0.3) is 0 Å². The molecule has 0 saturated heterocycles. The predicted octanol–water partition coefficient (Wildman–Crippen LogP) is 1.26. The van der Waals surface area contributed by atoms with Crippen molar-refractivity contribution < 1.29 is 13.6 Å². The monoisotopic (exact) mass is 228 g/mol. The summed E-state index contributed by atoms with van der Waals surface area (Å²) in [6, 6.07) is 3.58. The van der Waals surface area contributed by atoms with Crippen LogP contribution < -0.4 is 5.32 Å². The van der Waals surface area contributed by atoms with Gasteiger partial charge in [-0.05, 0) is 19.2 Å². The Morgan fingerprint density at radius 3 is 2.75 bits per heavy atom. The van der Waals surface area contributed by atoms with E-state index in [1.807, 2.05) is 0 Å². The summed E-state index contributed by atoms with van der Waals surface area (Å²) >= 11 is 0. The first-order valence-electron chi connectivity index (χ1n) is 4.92. The van der Waals surface area contributed by atoms with Crippen molar-refractivity contribution in [2.45, 2.75) is 0 Å². The maximum Gasteiger partial charge on any atom is 0.256 e. The van der Waals surface area contributed by atoms with Crippen molar-refractivity contribution in [1.29, 1.82) is 0 Å². The molecule has 0 fully saturated rings. The van der Waals surface area contributed by atoms with Gasteiger partial charge in [0.25, 0.3) is 5.91 Å². The molecular formula is C11H14F2N2O. The van der Waals surface area contributed by atoms with Crippen LogP contribution in [0.15, 0.2) is 18.2 Å². The van der Waals surface area contributed by atoms with Gasteiger partial charge in [-0.25, -0.2) is 8.78 Å². The molecule has 0 radical (unpaired) electrons. The first-order chi connectivity index (χ1) is 7.57. The summed E-state index contributed by atoms with van der Waals surface area (Å²) in [5.74, 6) is -2.62. The van der Waals surface area contributed by atoms with Gasteiger partial charge in [-0.3, -0.25) is 4.79 Å². The Morgan fingerprint density at radius 1 is 1.44 bits per heavy atom. The van der Waals surface area contributed by atoms with Crippen molar-refractivity contribution in [3.05, 3.63) is 35.4 Å². The highest BCUT2D eigenvalue weighted by Crippen LogP contribution is 2.12. The maximum atomic E-state index is 13.3. The summed E-state index contributed by atoms with van der Waals surface area (Å²) in [6.45, 7) is 1.03. The van der Waals surface area contributed by atoms with E-state index in [4.69, 9.17) is 0 Å². The van der Waals surface area contributed by atoms with Gasteiger partial charge in [0.2, 0.25) is 0 Å². The van der Waals surface area contributed by atoms with Crippen molar-refractivity contribution in [2.75, 3.05) is 27.2 Å². The number of hydrogen-bond acceptors (Lipinski definition) is 2. The molecule has 0 aliphatic rings. The Kier molecular flexibility index (Phi) is 4.37. The molecule has 1 amide bonds. The molecule has 1 aromatic carbocycles. The topological polar surface area (TPSA) is 32.3 Å². The average Bonchev–Trinajstić information content (AvgIpc) is 2.28. The zero-order chi connectivity index (χ0) is 12.1. The van der Waals surface area contributed by atoms with Crippen LogP contribution in [-0.2, 0) is 0 Å². The van der Waals surface area contributed by atoms with E-state index in [9.17, 15) is 13.6 Å². The normalized spacial score (nSPS) is 10.2. The lowest BCUT2D eigenvalue weighted by atomic mass is 10.2. The summed E-state index contributed by atoms with van der Waals surface area (Å²) in [7, 11) is 3.30. The number of likely N-dealkylation sites (N-methyl/N-ethyl adjacent to an activating group) is 2. The number of carbonyl (C=O) groups is 1. The molecule has 88 valence electrons. The molecule has 1 aromatic rings. The van der Waals surface area contributed by atoms with Crippen LogP contribution in [0.2, 0.25) is 0 Å². The quantitative estimate of drug-likeness (QED) is 0.841. The van der Waals surface area contributed by atoms with E-state index in [-0.39, 0.29) is 5.56 Å². The molecule has 0 saturated carbocycles. The zero-order valence-electron chi connectivity index (χ0n) is 9.26. The molecule has 0 aliphatic carbocycles. The SMILES string of the molecule is CNCCN(C)C(=O)c1cccc(F)c1F. The molecule has 0 atom stereocenters. The molecule has 0 unspecified atom stereocenters. The highest BCUT2D eigenvalue weighted by atomic mass is 19.2. The summed E-state index contributed by atoms with van der Waals surface area (Å²) < 4.78 is 26.2. The third kappa shape index (κ3) is 2.76. The summed E-state index contributed by atoms with van der Waals surface area (Å²) in [5, 5.41) is 2.87. The number of halogens is 2. The second kappa shape index (κ2) is 5.55. The Labute approximate surface area is 93.1 Å². The second-order valence-corrected chi connectivity index (χ2v) is 3.43. The van der Waals surface area contributed by atoms with E-state index in [2.05, 4.69) is 5.32 Å². The van der Waals surface area contributed by atoms with Gasteiger partial charge in [0, 0.05) is 20.1 Å². The van der Waals surface area contributed by atoms with Gasteiger partial charge in [-0.15, -0.1) is 0 Å². The van der Waals surface area contributed by atoms with Crippen LogP contribution in [0.1, 0.15) is 10.4 Å². The number of nitrogens with zero attached hydrogens (tertiary/aromatic N) is 1. The molecule has 1 N–H and O–H groups in total. The molecule has 3 nitrogen and oxygen atoms in total. The minimum absolute atomic E-state index is 0.237. The number of rotatable bonds is 4. The molecule has 0 spiro atoms. The Balaban J connectivity index is 2.84. The van der Waals surface area contributed by atoms with Gasteiger partial charge >= 0.3 is 0 Å². The molecule has 0 bridgehead atoms. The van der Waals surface area contributed by atoms with E-state index in [0.717, 1.165) is 6.07 Å². The molecular weight excluding hydrogens is 214 g/mol. The van der Waals surface area contributed by atoms with Gasteiger partial charge in [-0.2, -0.15) is 0 Å². The van der Waals surface area contributed by atoms with E-state index in [1.54, 1.807) is 14.1 Å². The van der Waals surface area contributed by atoms with Crippen LogP contribution in [0.4, 0.5) is 8.78 Å². The van der Waals surface area contributed by atoms with Crippen LogP contribution in [-0.4, -0.2) is 38.0 Å². The summed E-state index contributed by atoms with van der Waals surface area (Å²) in [5.41, 5.74) is -0.237. The lowest BCUT2D eigenvalue weighted by Crippen LogP contribution is -2.33. The highest BCUT2D eigenvalue weighted by molar-refractivity contribution is 5.94. The van der Waals surface area contributed by atoms with Crippen LogP contribution in [0.5, 0.6) is 0 Å². The van der Waals surface area contributed by atoms with E-state index < -0.39 is 17.5 Å². The molecule has 0 aliphatic heterocycles. The Hall–Kier alpha value is -1.49. The van der Waals surface area contributed by atoms with Gasteiger partial charge in [0.1, 0.15) is 0 Å². The van der Waals surface area contributed by atoms with Gasteiger partial charge < -0.3 is 10.2 Å². The van der Waals surface area contributed by atoms with Crippen LogP contribution in [0, 0.1) is 11.6 Å². The summed E-state index contributed by atoms with van der Waals surface area (Å²) in [4.78, 5) is 13.1. The number of amides is 1. The number of benzene rings is 1. The third-order valence-electron chi connectivity index (χ3n) is 2.23. The molecule has 5 heteroatoms. The lowest BCUT2D eigenvalue weighted by molar-refractivity contribution is 0.0791. The second-order valence-electron chi connectivity index (χ2n) is 3.43. The third-order valence-corrected chi connectivity index (χ3v) is 2.23. The van der Waals surface area contributed by atoms with Crippen molar-refractivity contribution in [1.82, 2.24) is 10.2 Å². The average molecular weight is 228 g/mol. The van der Waals surface area contributed by atoms with E-state index in [0.29, 0.717) is 13.1 Å². The zero-order valence-corrected chi connectivity index (χ0v) is 9.26. The molecule has 16 heavy (non-hydrogen) atoms. The molecule has 1 rings (SSSR count). The number of hydrogen-bond donors (Lipinski definition) is 1. The van der Waals surface area contributed by atoms with Gasteiger partial charge in [0.05, 0.1) is 5.56 Å². The smallest absolute Gasteiger partial charge is 0.256 e. The fourth-order valence-corrected chi connectivity index (χ4v) is 1.26. The maximum absolute atomic E-state index is 13.3. The first-order valence-corrected chi connectivity index (χ1v) is 4.92. The van der Waals surface area contributed by atoms with Crippen molar-refractivity contribution in [3.63, 3.8) is 0 Å².